The Bertz CT molecular complexity index is 1410. The lowest BCUT2D eigenvalue weighted by Crippen LogP contribution is -2.49. The number of piperazine rings is 1. The number of rotatable bonds is 8. The zero-order valence-corrected chi connectivity index (χ0v) is 21.7. The highest BCUT2D eigenvalue weighted by Gasteiger charge is 2.27. The molecule has 5 rings (SSSR count). The summed E-state index contributed by atoms with van der Waals surface area (Å²) in [6, 6.07) is 10.9. The van der Waals surface area contributed by atoms with Gasteiger partial charge in [0.2, 0.25) is 5.75 Å². The SMILES string of the molecule is CCOc1ccc(-n2nnc3c(N4CCN(C(=O)c5cc(OC)c(OC)c(OC)c5)CC4)ncnc32)cc1. The summed E-state index contributed by atoms with van der Waals surface area (Å²) in [5.41, 5.74) is 2.50. The van der Waals surface area contributed by atoms with Crippen LogP contribution in [0.4, 0.5) is 5.82 Å². The molecule has 0 unspecified atom stereocenters. The molecule has 198 valence electrons. The fraction of sp³-hybridized carbons (Fsp3) is 0.346. The molecule has 1 saturated heterocycles. The summed E-state index contributed by atoms with van der Waals surface area (Å²) in [5, 5.41) is 8.70. The van der Waals surface area contributed by atoms with E-state index in [-0.39, 0.29) is 5.91 Å². The third kappa shape index (κ3) is 4.60. The molecule has 2 aromatic carbocycles. The van der Waals surface area contributed by atoms with E-state index >= 15 is 0 Å². The number of ether oxygens (including phenoxy) is 4. The molecular formula is C26H29N7O5. The second kappa shape index (κ2) is 10.8. The standard InChI is InChI=1S/C26H29N7O5/c1-5-38-19-8-6-18(7-9-19)33-25-22(29-30-33)24(27-16-28-25)31-10-12-32(13-11-31)26(34)17-14-20(35-2)23(37-4)21(15-17)36-3/h6-9,14-16H,5,10-13H2,1-4H3. The van der Waals surface area contributed by atoms with Crippen LogP contribution < -0.4 is 23.8 Å². The molecule has 0 radical (unpaired) electrons. The number of hydrogen-bond donors (Lipinski definition) is 0. The van der Waals surface area contributed by atoms with Crippen LogP contribution in [0, 0.1) is 0 Å². The molecule has 0 bridgehead atoms. The molecular weight excluding hydrogens is 490 g/mol. The third-order valence-electron chi connectivity index (χ3n) is 6.39. The Kier molecular flexibility index (Phi) is 7.11. The van der Waals surface area contributed by atoms with Crippen molar-refractivity contribution in [3.63, 3.8) is 0 Å². The lowest BCUT2D eigenvalue weighted by Gasteiger charge is -2.35. The van der Waals surface area contributed by atoms with E-state index in [1.54, 1.807) is 21.7 Å². The zero-order chi connectivity index (χ0) is 26.6. The first-order chi connectivity index (χ1) is 18.6. The first-order valence-corrected chi connectivity index (χ1v) is 12.2. The van der Waals surface area contributed by atoms with E-state index in [0.717, 1.165) is 11.4 Å². The van der Waals surface area contributed by atoms with Crippen molar-refractivity contribution in [3.8, 4) is 28.7 Å². The van der Waals surface area contributed by atoms with Gasteiger partial charge in [0.15, 0.2) is 28.5 Å². The van der Waals surface area contributed by atoms with Crippen molar-refractivity contribution >= 4 is 22.9 Å². The minimum Gasteiger partial charge on any atom is -0.494 e. The maximum absolute atomic E-state index is 13.3. The average Bonchev–Trinajstić information content (AvgIpc) is 3.41. The molecule has 0 atom stereocenters. The average molecular weight is 520 g/mol. The molecule has 2 aromatic heterocycles. The maximum atomic E-state index is 13.3. The van der Waals surface area contributed by atoms with Crippen LogP contribution in [-0.4, -0.2) is 89.9 Å². The van der Waals surface area contributed by atoms with Crippen molar-refractivity contribution in [2.75, 3.05) is 59.0 Å². The van der Waals surface area contributed by atoms with Gasteiger partial charge in [-0.2, -0.15) is 4.68 Å². The Hall–Kier alpha value is -4.61. The lowest BCUT2D eigenvalue weighted by atomic mass is 10.1. The van der Waals surface area contributed by atoms with Gasteiger partial charge in [0, 0.05) is 31.7 Å². The fourth-order valence-electron chi connectivity index (χ4n) is 4.50. The molecule has 1 aliphatic heterocycles. The van der Waals surface area contributed by atoms with Gasteiger partial charge >= 0.3 is 0 Å². The van der Waals surface area contributed by atoms with Gasteiger partial charge in [0.25, 0.3) is 5.91 Å². The van der Waals surface area contributed by atoms with Crippen LogP contribution in [0.25, 0.3) is 16.9 Å². The summed E-state index contributed by atoms with van der Waals surface area (Å²) in [6.07, 6.45) is 1.51. The first kappa shape index (κ1) is 25.1. The second-order valence-electron chi connectivity index (χ2n) is 8.49. The Morgan fingerprint density at radius 3 is 2.21 bits per heavy atom. The largest absolute Gasteiger partial charge is 0.494 e. The number of methoxy groups -OCH3 is 3. The Morgan fingerprint density at radius 2 is 1.61 bits per heavy atom. The highest BCUT2D eigenvalue weighted by atomic mass is 16.5. The highest BCUT2D eigenvalue weighted by molar-refractivity contribution is 5.96. The topological polar surface area (TPSA) is 117 Å². The van der Waals surface area contributed by atoms with E-state index in [0.29, 0.717) is 72.6 Å². The highest BCUT2D eigenvalue weighted by Crippen LogP contribution is 2.38. The van der Waals surface area contributed by atoms with Crippen LogP contribution in [0.2, 0.25) is 0 Å². The summed E-state index contributed by atoms with van der Waals surface area (Å²) in [7, 11) is 4.58. The quantitative estimate of drug-likeness (QED) is 0.344. The molecule has 0 saturated carbocycles. The van der Waals surface area contributed by atoms with Crippen LogP contribution >= 0.6 is 0 Å². The van der Waals surface area contributed by atoms with E-state index in [2.05, 4.69) is 25.2 Å². The number of benzene rings is 2. The van der Waals surface area contributed by atoms with Gasteiger partial charge in [0.1, 0.15) is 12.1 Å². The predicted octanol–water partition coefficient (Wildman–Crippen LogP) is 2.60. The van der Waals surface area contributed by atoms with E-state index in [9.17, 15) is 4.79 Å². The predicted molar refractivity (Wildman–Crippen MR) is 140 cm³/mol. The third-order valence-corrected chi connectivity index (χ3v) is 6.39. The van der Waals surface area contributed by atoms with Gasteiger partial charge in [-0.25, -0.2) is 9.97 Å². The van der Waals surface area contributed by atoms with Crippen molar-refractivity contribution in [2.45, 2.75) is 6.92 Å². The van der Waals surface area contributed by atoms with Gasteiger partial charge in [-0.3, -0.25) is 4.79 Å². The monoisotopic (exact) mass is 519 g/mol. The van der Waals surface area contributed by atoms with Crippen molar-refractivity contribution in [2.24, 2.45) is 0 Å². The molecule has 1 amide bonds. The molecule has 12 nitrogen and oxygen atoms in total. The maximum Gasteiger partial charge on any atom is 0.254 e. The Morgan fingerprint density at radius 1 is 0.921 bits per heavy atom. The van der Waals surface area contributed by atoms with Gasteiger partial charge in [-0.15, -0.1) is 5.10 Å². The molecule has 0 spiro atoms. The number of hydrogen-bond acceptors (Lipinski definition) is 10. The molecule has 0 N–H and O–H groups in total. The van der Waals surface area contributed by atoms with E-state index in [4.69, 9.17) is 18.9 Å². The minimum absolute atomic E-state index is 0.113. The number of amides is 1. The Labute approximate surface area is 219 Å². The molecule has 38 heavy (non-hydrogen) atoms. The number of anilines is 1. The molecule has 12 heteroatoms. The summed E-state index contributed by atoms with van der Waals surface area (Å²) in [4.78, 5) is 26.1. The van der Waals surface area contributed by atoms with Crippen molar-refractivity contribution in [1.82, 2.24) is 29.9 Å². The van der Waals surface area contributed by atoms with Crippen LogP contribution in [0.1, 0.15) is 17.3 Å². The normalized spacial score (nSPS) is 13.5. The zero-order valence-electron chi connectivity index (χ0n) is 21.7. The molecule has 1 aliphatic rings. The summed E-state index contributed by atoms with van der Waals surface area (Å²) in [6.45, 7) is 4.72. The van der Waals surface area contributed by atoms with Crippen LogP contribution in [0.15, 0.2) is 42.7 Å². The van der Waals surface area contributed by atoms with Gasteiger partial charge in [-0.1, -0.05) is 5.21 Å². The Balaban J connectivity index is 1.33. The number of nitrogens with zero attached hydrogens (tertiary/aromatic N) is 7. The van der Waals surface area contributed by atoms with E-state index in [1.807, 2.05) is 31.2 Å². The van der Waals surface area contributed by atoms with Crippen molar-refractivity contribution < 1.29 is 23.7 Å². The first-order valence-electron chi connectivity index (χ1n) is 12.2. The van der Waals surface area contributed by atoms with Gasteiger partial charge < -0.3 is 28.7 Å². The van der Waals surface area contributed by atoms with Crippen LogP contribution in [-0.2, 0) is 0 Å². The van der Waals surface area contributed by atoms with Crippen LogP contribution in [0.3, 0.4) is 0 Å². The number of fused-ring (bicyclic) bond motifs is 1. The van der Waals surface area contributed by atoms with Crippen molar-refractivity contribution in [3.05, 3.63) is 48.3 Å². The van der Waals surface area contributed by atoms with Crippen molar-refractivity contribution in [1.29, 1.82) is 0 Å². The molecule has 3 heterocycles. The smallest absolute Gasteiger partial charge is 0.254 e. The minimum atomic E-state index is -0.113. The molecule has 0 aliphatic carbocycles. The molecule has 1 fully saturated rings. The fourth-order valence-corrected chi connectivity index (χ4v) is 4.50. The second-order valence-corrected chi connectivity index (χ2v) is 8.49. The number of carbonyl (C=O) groups excluding carboxylic acids is 1. The van der Waals surface area contributed by atoms with Gasteiger partial charge in [0.05, 0.1) is 33.6 Å². The summed E-state index contributed by atoms with van der Waals surface area (Å²) >= 11 is 0. The molecule has 4 aromatic rings. The van der Waals surface area contributed by atoms with Gasteiger partial charge in [-0.05, 0) is 43.3 Å². The summed E-state index contributed by atoms with van der Waals surface area (Å²) < 4.78 is 23.4. The number of aromatic nitrogens is 5. The van der Waals surface area contributed by atoms with E-state index < -0.39 is 0 Å². The lowest BCUT2D eigenvalue weighted by molar-refractivity contribution is 0.0745. The summed E-state index contributed by atoms with van der Waals surface area (Å²) in [5.74, 6) is 2.68. The number of carbonyl (C=O) groups is 1. The van der Waals surface area contributed by atoms with Crippen LogP contribution in [0.5, 0.6) is 23.0 Å². The van der Waals surface area contributed by atoms with E-state index in [1.165, 1.54) is 27.7 Å².